The summed E-state index contributed by atoms with van der Waals surface area (Å²) in [5.41, 5.74) is 3.33. The molecule has 0 spiro atoms. The molecule has 0 radical (unpaired) electrons. The third-order valence-corrected chi connectivity index (χ3v) is 7.74. The van der Waals surface area contributed by atoms with Crippen LogP contribution in [-0.4, -0.2) is 51.6 Å². The van der Waals surface area contributed by atoms with Gasteiger partial charge in [-0.05, 0) is 83.6 Å². The standard InChI is InChI=1S/C30H42N4O3/c1-21-26(14-13-22-9-8-12-24(19-22)23-10-6-5-7-11-23)31-20-32-27(21)28(35)34-17-15-25(16-18-34)33-29(36)37-30(2,3)4/h5-7,10-11,20,22,24-25H,8-9,12-19H2,1-4H3,(H,33,36)/t22-,24-/m1/s1. The second-order valence-electron chi connectivity index (χ2n) is 11.7. The fraction of sp³-hybridized carbons (Fsp3) is 0.600. The van der Waals surface area contributed by atoms with E-state index in [9.17, 15) is 9.59 Å². The van der Waals surface area contributed by atoms with E-state index in [0.29, 0.717) is 43.5 Å². The monoisotopic (exact) mass is 506 g/mol. The van der Waals surface area contributed by atoms with Gasteiger partial charge in [0.2, 0.25) is 0 Å². The van der Waals surface area contributed by atoms with Gasteiger partial charge >= 0.3 is 6.09 Å². The van der Waals surface area contributed by atoms with Crippen molar-refractivity contribution < 1.29 is 14.3 Å². The minimum atomic E-state index is -0.524. The van der Waals surface area contributed by atoms with E-state index in [0.717, 1.165) is 24.1 Å². The number of alkyl carbamates (subject to hydrolysis) is 1. The van der Waals surface area contributed by atoms with Crippen LogP contribution in [0.1, 0.15) is 98.9 Å². The molecule has 37 heavy (non-hydrogen) atoms. The molecule has 1 aliphatic heterocycles. The molecule has 2 heterocycles. The fourth-order valence-electron chi connectivity index (χ4n) is 5.73. The van der Waals surface area contributed by atoms with E-state index in [2.05, 4.69) is 45.6 Å². The Hall–Kier alpha value is -2.96. The number of likely N-dealkylation sites (tertiary alicyclic amines) is 1. The zero-order valence-corrected chi connectivity index (χ0v) is 22.8. The maximum Gasteiger partial charge on any atom is 0.407 e. The van der Waals surface area contributed by atoms with Crippen LogP contribution in [-0.2, 0) is 11.2 Å². The highest BCUT2D eigenvalue weighted by molar-refractivity contribution is 5.93. The Labute approximate surface area is 221 Å². The number of amides is 2. The van der Waals surface area contributed by atoms with Crippen LogP contribution in [0.4, 0.5) is 4.79 Å². The van der Waals surface area contributed by atoms with Crippen molar-refractivity contribution in [3.8, 4) is 0 Å². The molecule has 1 saturated carbocycles. The van der Waals surface area contributed by atoms with Crippen molar-refractivity contribution in [3.63, 3.8) is 0 Å². The number of ether oxygens (including phenoxy) is 1. The second-order valence-corrected chi connectivity index (χ2v) is 11.7. The van der Waals surface area contributed by atoms with Crippen molar-refractivity contribution in [2.24, 2.45) is 5.92 Å². The summed E-state index contributed by atoms with van der Waals surface area (Å²) in [5.74, 6) is 1.29. The van der Waals surface area contributed by atoms with E-state index in [1.807, 2.05) is 32.6 Å². The van der Waals surface area contributed by atoms with Gasteiger partial charge in [-0.2, -0.15) is 0 Å². The Balaban J connectivity index is 1.30. The first-order valence-corrected chi connectivity index (χ1v) is 13.8. The molecule has 1 saturated heterocycles. The average molecular weight is 507 g/mol. The highest BCUT2D eigenvalue weighted by Gasteiger charge is 2.28. The summed E-state index contributed by atoms with van der Waals surface area (Å²) in [6.45, 7) is 8.70. The predicted molar refractivity (Wildman–Crippen MR) is 145 cm³/mol. The van der Waals surface area contributed by atoms with Crippen LogP contribution in [0.2, 0.25) is 0 Å². The molecule has 4 rings (SSSR count). The van der Waals surface area contributed by atoms with Crippen LogP contribution in [0.5, 0.6) is 0 Å². The molecule has 2 amide bonds. The largest absolute Gasteiger partial charge is 0.444 e. The van der Waals surface area contributed by atoms with Gasteiger partial charge < -0.3 is 15.0 Å². The van der Waals surface area contributed by atoms with E-state index in [1.54, 1.807) is 6.33 Å². The van der Waals surface area contributed by atoms with Crippen LogP contribution in [0, 0.1) is 12.8 Å². The van der Waals surface area contributed by atoms with Crippen LogP contribution in [0.25, 0.3) is 0 Å². The van der Waals surface area contributed by atoms with E-state index < -0.39 is 11.7 Å². The maximum absolute atomic E-state index is 13.3. The van der Waals surface area contributed by atoms with Gasteiger partial charge in [-0.3, -0.25) is 4.79 Å². The molecular weight excluding hydrogens is 464 g/mol. The van der Waals surface area contributed by atoms with Crippen LogP contribution in [0.15, 0.2) is 36.7 Å². The summed E-state index contributed by atoms with van der Waals surface area (Å²) in [7, 11) is 0. The number of nitrogens with zero attached hydrogens (tertiary/aromatic N) is 3. The van der Waals surface area contributed by atoms with E-state index >= 15 is 0 Å². The van der Waals surface area contributed by atoms with Gasteiger partial charge in [0.15, 0.2) is 0 Å². The molecule has 2 aromatic rings. The maximum atomic E-state index is 13.3. The predicted octanol–water partition coefficient (Wildman–Crippen LogP) is 5.82. The lowest BCUT2D eigenvalue weighted by Crippen LogP contribution is -2.47. The Morgan fingerprint density at radius 3 is 2.49 bits per heavy atom. The lowest BCUT2D eigenvalue weighted by atomic mass is 9.76. The Morgan fingerprint density at radius 2 is 1.78 bits per heavy atom. The SMILES string of the molecule is Cc1c(CC[C@H]2CCC[C@@H](c3ccccc3)C2)ncnc1C(=O)N1CCC(NC(=O)OC(C)(C)C)CC1. The van der Waals surface area contributed by atoms with Crippen molar-refractivity contribution in [2.75, 3.05) is 13.1 Å². The van der Waals surface area contributed by atoms with Crippen LogP contribution < -0.4 is 5.32 Å². The molecule has 1 aromatic heterocycles. The number of carbonyl (C=O) groups excluding carboxylic acids is 2. The number of benzene rings is 1. The zero-order chi connectivity index (χ0) is 26.4. The summed E-state index contributed by atoms with van der Waals surface area (Å²) in [4.78, 5) is 36.2. The number of carbonyl (C=O) groups is 2. The summed E-state index contributed by atoms with van der Waals surface area (Å²) in [5, 5.41) is 2.93. The quantitative estimate of drug-likeness (QED) is 0.534. The van der Waals surface area contributed by atoms with Gasteiger partial charge in [0.1, 0.15) is 17.6 Å². The summed E-state index contributed by atoms with van der Waals surface area (Å²) in [6, 6.07) is 10.9. The van der Waals surface area contributed by atoms with E-state index in [4.69, 9.17) is 4.74 Å². The molecule has 2 atom stereocenters. The smallest absolute Gasteiger partial charge is 0.407 e. The van der Waals surface area contributed by atoms with Gasteiger partial charge in [-0.25, -0.2) is 14.8 Å². The first-order valence-electron chi connectivity index (χ1n) is 13.8. The molecule has 0 bridgehead atoms. The molecule has 1 aliphatic carbocycles. The number of hydrogen-bond acceptors (Lipinski definition) is 5. The first kappa shape index (κ1) is 27.1. The summed E-state index contributed by atoms with van der Waals surface area (Å²) >= 11 is 0. The minimum absolute atomic E-state index is 0.0103. The third kappa shape index (κ3) is 7.53. The molecule has 1 aromatic carbocycles. The normalized spacial score (nSPS) is 20.9. The third-order valence-electron chi connectivity index (χ3n) is 7.74. The van der Waals surface area contributed by atoms with Gasteiger partial charge in [-0.15, -0.1) is 0 Å². The lowest BCUT2D eigenvalue weighted by molar-refractivity contribution is 0.0473. The number of piperidine rings is 1. The molecule has 0 unspecified atom stereocenters. The van der Waals surface area contributed by atoms with Gasteiger partial charge in [-0.1, -0.05) is 43.2 Å². The first-order chi connectivity index (χ1) is 17.7. The van der Waals surface area contributed by atoms with E-state index in [-0.39, 0.29) is 11.9 Å². The molecule has 200 valence electrons. The van der Waals surface area contributed by atoms with Gasteiger partial charge in [0, 0.05) is 30.4 Å². The fourth-order valence-corrected chi connectivity index (χ4v) is 5.73. The van der Waals surface area contributed by atoms with Crippen molar-refractivity contribution in [1.29, 1.82) is 0 Å². The van der Waals surface area contributed by atoms with Crippen molar-refractivity contribution in [1.82, 2.24) is 20.2 Å². The molecule has 7 heteroatoms. The Bertz CT molecular complexity index is 1060. The van der Waals surface area contributed by atoms with Crippen molar-refractivity contribution in [2.45, 2.75) is 96.6 Å². The highest BCUT2D eigenvalue weighted by atomic mass is 16.6. The number of hydrogen-bond donors (Lipinski definition) is 1. The number of nitrogens with one attached hydrogen (secondary N) is 1. The van der Waals surface area contributed by atoms with Crippen molar-refractivity contribution >= 4 is 12.0 Å². The lowest BCUT2D eigenvalue weighted by Gasteiger charge is -2.33. The summed E-state index contributed by atoms with van der Waals surface area (Å²) in [6.07, 6.45) is 9.56. The zero-order valence-electron chi connectivity index (χ0n) is 22.8. The topological polar surface area (TPSA) is 84.4 Å². The highest BCUT2D eigenvalue weighted by Crippen LogP contribution is 2.38. The molecule has 2 fully saturated rings. The Morgan fingerprint density at radius 1 is 1.05 bits per heavy atom. The van der Waals surface area contributed by atoms with Crippen LogP contribution in [0.3, 0.4) is 0 Å². The molecular formula is C30H42N4O3. The second kappa shape index (κ2) is 12.1. The number of rotatable bonds is 6. The van der Waals surface area contributed by atoms with Gasteiger partial charge in [0.05, 0.1) is 0 Å². The number of aromatic nitrogens is 2. The average Bonchev–Trinajstić information content (AvgIpc) is 2.88. The van der Waals surface area contributed by atoms with Crippen molar-refractivity contribution in [3.05, 3.63) is 59.2 Å². The molecule has 2 aliphatic rings. The van der Waals surface area contributed by atoms with Gasteiger partial charge in [0.25, 0.3) is 5.91 Å². The molecule has 7 nitrogen and oxygen atoms in total. The Kier molecular flexibility index (Phi) is 8.83. The minimum Gasteiger partial charge on any atom is -0.444 e. The summed E-state index contributed by atoms with van der Waals surface area (Å²) < 4.78 is 5.36. The molecule has 1 N–H and O–H groups in total. The van der Waals surface area contributed by atoms with E-state index in [1.165, 1.54) is 31.2 Å². The van der Waals surface area contributed by atoms with Crippen LogP contribution >= 0.6 is 0 Å². The number of aryl methyl sites for hydroxylation is 1.